The Balaban J connectivity index is 1.88. The number of benzene rings is 2. The smallest absolute Gasteiger partial charge is 0.386 e. The van der Waals surface area contributed by atoms with E-state index in [2.05, 4.69) is 15.0 Å². The zero-order valence-electron chi connectivity index (χ0n) is 21.2. The molecule has 1 atom stereocenters. The molecule has 2 aromatic carbocycles. The molecule has 14 nitrogen and oxygen atoms in total. The molecule has 17 heteroatoms. The molecule has 0 radical (unpaired) electrons. The van der Waals surface area contributed by atoms with Crippen molar-refractivity contribution in [3.8, 4) is 0 Å². The summed E-state index contributed by atoms with van der Waals surface area (Å²) in [4.78, 5) is 82.2. The number of rotatable bonds is 10. The standard InChI is InChI=1S/C25H21F3N6O8/c26-25(27,28)22(39)42-19(36)11-18(33(13-35)41-12-15-4-2-1-3-5-15)34-21(38)17(31-24(34)40)10-14-6-8-16(9-7-14)20(37)32-23(29)30/h1-10,13,18H,11-12H2,(H,31,40)(H4,29,30,32,37)/b17-10-. The molecule has 1 aliphatic heterocycles. The monoisotopic (exact) mass is 590 g/mol. The number of ether oxygens (including phenoxy) is 1. The molecule has 5 N–H and O–H groups in total. The highest BCUT2D eigenvalue weighted by molar-refractivity contribution is 6.14. The van der Waals surface area contributed by atoms with Crippen molar-refractivity contribution < 1.29 is 51.5 Å². The first-order valence-electron chi connectivity index (χ1n) is 11.6. The number of nitrogens with zero attached hydrogens (tertiary/aromatic N) is 3. The highest BCUT2D eigenvalue weighted by Crippen LogP contribution is 2.23. The van der Waals surface area contributed by atoms with Crippen LogP contribution < -0.4 is 16.8 Å². The van der Waals surface area contributed by atoms with Crippen LogP contribution in [0.4, 0.5) is 18.0 Å². The van der Waals surface area contributed by atoms with Gasteiger partial charge < -0.3 is 21.5 Å². The Morgan fingerprint density at radius 1 is 1.05 bits per heavy atom. The van der Waals surface area contributed by atoms with E-state index in [1.54, 1.807) is 30.3 Å². The number of carbonyl (C=O) groups is 6. The Morgan fingerprint density at radius 2 is 1.69 bits per heavy atom. The molecule has 42 heavy (non-hydrogen) atoms. The summed E-state index contributed by atoms with van der Waals surface area (Å²) < 4.78 is 41.6. The summed E-state index contributed by atoms with van der Waals surface area (Å²) in [5.41, 5.74) is 10.9. The van der Waals surface area contributed by atoms with Crippen molar-refractivity contribution in [3.05, 3.63) is 77.0 Å². The predicted octanol–water partition coefficient (Wildman–Crippen LogP) is 0.931. The number of guanidine groups is 1. The molecule has 1 fully saturated rings. The highest BCUT2D eigenvalue weighted by atomic mass is 19.4. The quantitative estimate of drug-likeness (QED) is 0.0522. The van der Waals surface area contributed by atoms with E-state index in [0.29, 0.717) is 21.1 Å². The van der Waals surface area contributed by atoms with Gasteiger partial charge in [-0.15, -0.1) is 0 Å². The van der Waals surface area contributed by atoms with Crippen molar-refractivity contribution >= 4 is 48.2 Å². The average molecular weight is 590 g/mol. The molecule has 3 rings (SSSR count). The first-order chi connectivity index (χ1) is 19.8. The Kier molecular flexibility index (Phi) is 9.72. The van der Waals surface area contributed by atoms with Crippen LogP contribution in [0.1, 0.15) is 27.9 Å². The van der Waals surface area contributed by atoms with Crippen LogP contribution >= 0.6 is 0 Å². The topological polar surface area (TPSA) is 204 Å². The van der Waals surface area contributed by atoms with Gasteiger partial charge in [-0.3, -0.25) is 24.0 Å². The molecule has 1 heterocycles. The average Bonchev–Trinajstić information content (AvgIpc) is 3.20. The molecule has 0 aromatic heterocycles. The lowest BCUT2D eigenvalue weighted by molar-refractivity contribution is -0.214. The van der Waals surface area contributed by atoms with Crippen molar-refractivity contribution in [1.29, 1.82) is 0 Å². The molecular weight excluding hydrogens is 569 g/mol. The molecule has 1 aliphatic rings. The number of hydrogen-bond donors (Lipinski definition) is 3. The first kappa shape index (κ1) is 31.0. The lowest BCUT2D eigenvalue weighted by Crippen LogP contribution is -2.52. The number of nitrogens with two attached hydrogens (primary N) is 2. The van der Waals surface area contributed by atoms with Gasteiger partial charge in [0.2, 0.25) is 6.41 Å². The van der Waals surface area contributed by atoms with Gasteiger partial charge in [-0.2, -0.15) is 23.2 Å². The molecule has 0 saturated carbocycles. The second-order valence-corrected chi connectivity index (χ2v) is 8.30. The number of hydroxylamine groups is 2. The van der Waals surface area contributed by atoms with Crippen molar-refractivity contribution in [2.45, 2.75) is 25.4 Å². The molecule has 1 unspecified atom stereocenters. The normalized spacial score (nSPS) is 14.6. The van der Waals surface area contributed by atoms with Crippen LogP contribution in [0.5, 0.6) is 0 Å². The third-order valence-corrected chi connectivity index (χ3v) is 5.31. The Morgan fingerprint density at radius 3 is 2.26 bits per heavy atom. The van der Waals surface area contributed by atoms with E-state index in [1.165, 1.54) is 30.3 Å². The van der Waals surface area contributed by atoms with Crippen LogP contribution in [0.25, 0.3) is 6.08 Å². The summed E-state index contributed by atoms with van der Waals surface area (Å²) in [6.07, 6.45) is -7.59. The van der Waals surface area contributed by atoms with E-state index in [1.807, 2.05) is 0 Å². The zero-order valence-corrected chi connectivity index (χ0v) is 21.2. The van der Waals surface area contributed by atoms with Gasteiger partial charge >= 0.3 is 24.1 Å². The molecule has 0 aliphatic carbocycles. The maximum Gasteiger partial charge on any atom is 0.491 e. The van der Waals surface area contributed by atoms with Crippen LogP contribution in [0.3, 0.4) is 0 Å². The zero-order chi connectivity index (χ0) is 31.0. The molecule has 0 bridgehead atoms. The van der Waals surface area contributed by atoms with E-state index in [-0.39, 0.29) is 24.3 Å². The van der Waals surface area contributed by atoms with Crippen LogP contribution in [0.15, 0.2) is 65.3 Å². The lowest BCUT2D eigenvalue weighted by atomic mass is 10.1. The molecule has 220 valence electrons. The second kappa shape index (κ2) is 13.2. The minimum Gasteiger partial charge on any atom is -0.386 e. The molecule has 0 spiro atoms. The van der Waals surface area contributed by atoms with Crippen LogP contribution in [0.2, 0.25) is 0 Å². The summed E-state index contributed by atoms with van der Waals surface area (Å²) in [7, 11) is 0. The van der Waals surface area contributed by atoms with Gasteiger partial charge in [-0.05, 0) is 29.3 Å². The summed E-state index contributed by atoms with van der Waals surface area (Å²) >= 11 is 0. The van der Waals surface area contributed by atoms with Crippen LogP contribution in [-0.2, 0) is 35.4 Å². The number of alkyl halides is 3. The van der Waals surface area contributed by atoms with Gasteiger partial charge in [0.25, 0.3) is 11.8 Å². The van der Waals surface area contributed by atoms with Gasteiger partial charge in [0.1, 0.15) is 12.3 Å². The molecule has 5 amide bonds. The lowest BCUT2D eigenvalue weighted by Gasteiger charge is -2.31. The number of urea groups is 1. The maximum atomic E-state index is 13.2. The SMILES string of the molecule is NC(N)=NC(=O)c1ccc(/C=C2\NC(=O)N(C(CC(=O)OC(=O)C(F)(F)F)N(C=O)OCc3ccccc3)C2=O)cc1. The van der Waals surface area contributed by atoms with Crippen molar-refractivity contribution in [2.75, 3.05) is 0 Å². The van der Waals surface area contributed by atoms with Gasteiger partial charge in [0, 0.05) is 5.56 Å². The first-order valence-corrected chi connectivity index (χ1v) is 11.6. The Hall–Kier alpha value is -5.58. The fourth-order valence-corrected chi connectivity index (χ4v) is 3.45. The van der Waals surface area contributed by atoms with Gasteiger partial charge in [0.15, 0.2) is 12.1 Å². The fraction of sp³-hybridized carbons (Fsp3) is 0.160. The number of halogens is 3. The Labute approximate surface area is 234 Å². The minimum atomic E-state index is -5.51. The second-order valence-electron chi connectivity index (χ2n) is 8.30. The van der Waals surface area contributed by atoms with Crippen LogP contribution in [-0.4, -0.2) is 64.5 Å². The number of hydrogen-bond acceptors (Lipinski definition) is 8. The molecule has 2 aromatic rings. The summed E-state index contributed by atoms with van der Waals surface area (Å²) in [6, 6.07) is 12.4. The van der Waals surface area contributed by atoms with E-state index >= 15 is 0 Å². The van der Waals surface area contributed by atoms with Gasteiger partial charge in [-0.1, -0.05) is 42.5 Å². The number of aliphatic imine (C=N–C) groups is 1. The number of amides is 5. The number of imide groups is 1. The van der Waals surface area contributed by atoms with Crippen molar-refractivity contribution in [3.63, 3.8) is 0 Å². The summed E-state index contributed by atoms with van der Waals surface area (Å²) in [5, 5.41) is 2.57. The van der Waals surface area contributed by atoms with Gasteiger partial charge in [0.05, 0.1) is 6.42 Å². The number of nitrogens with one attached hydrogen (secondary N) is 1. The van der Waals surface area contributed by atoms with E-state index < -0.39 is 54.5 Å². The fourth-order valence-electron chi connectivity index (χ4n) is 3.45. The number of carbonyl (C=O) groups excluding carboxylic acids is 6. The molecular formula is C25H21F3N6O8. The number of esters is 2. The van der Waals surface area contributed by atoms with Crippen molar-refractivity contribution in [2.24, 2.45) is 16.5 Å². The summed E-state index contributed by atoms with van der Waals surface area (Å²) in [6.45, 7) is -0.316. The third-order valence-electron chi connectivity index (χ3n) is 5.31. The van der Waals surface area contributed by atoms with E-state index in [0.717, 1.165) is 0 Å². The summed E-state index contributed by atoms with van der Waals surface area (Å²) in [5.74, 6) is -6.96. The van der Waals surface area contributed by atoms with Crippen molar-refractivity contribution in [1.82, 2.24) is 15.3 Å². The third kappa shape index (κ3) is 7.98. The highest BCUT2D eigenvalue weighted by Gasteiger charge is 2.46. The largest absolute Gasteiger partial charge is 0.491 e. The van der Waals surface area contributed by atoms with E-state index in [4.69, 9.17) is 16.3 Å². The van der Waals surface area contributed by atoms with Gasteiger partial charge in [-0.25, -0.2) is 14.5 Å². The predicted molar refractivity (Wildman–Crippen MR) is 135 cm³/mol. The van der Waals surface area contributed by atoms with Crippen LogP contribution in [0, 0.1) is 0 Å². The molecule has 1 saturated heterocycles. The Bertz CT molecular complexity index is 1440. The van der Waals surface area contributed by atoms with E-state index in [9.17, 15) is 41.9 Å². The maximum absolute atomic E-state index is 13.2. The minimum absolute atomic E-state index is 0.0129.